The number of hydrogen-bond acceptors (Lipinski definition) is 5. The van der Waals surface area contributed by atoms with Crippen molar-refractivity contribution in [2.45, 2.75) is 19.9 Å². The predicted octanol–water partition coefficient (Wildman–Crippen LogP) is 3.16. The SMILES string of the molecule is COc1cc(/C=C/N2C(=O)OC[C@@H]2C(C)C)cc(OC)c1OC. The Labute approximate surface area is 136 Å². The molecule has 1 saturated heterocycles. The van der Waals surface area contributed by atoms with E-state index >= 15 is 0 Å². The van der Waals surface area contributed by atoms with Crippen LogP contribution in [-0.2, 0) is 4.74 Å². The Kier molecular flexibility index (Phi) is 5.36. The first-order valence-electron chi connectivity index (χ1n) is 7.45. The number of amides is 1. The Morgan fingerprint density at radius 1 is 1.17 bits per heavy atom. The van der Waals surface area contributed by atoms with E-state index in [1.165, 1.54) is 0 Å². The minimum atomic E-state index is -0.326. The second-order valence-corrected chi connectivity index (χ2v) is 5.57. The molecule has 0 bridgehead atoms. The average Bonchev–Trinajstić information content (AvgIpc) is 2.92. The fraction of sp³-hybridized carbons (Fsp3) is 0.471. The molecule has 0 aliphatic carbocycles. The largest absolute Gasteiger partial charge is 0.493 e. The summed E-state index contributed by atoms with van der Waals surface area (Å²) >= 11 is 0. The van der Waals surface area contributed by atoms with E-state index in [9.17, 15) is 4.79 Å². The van der Waals surface area contributed by atoms with Crippen LogP contribution in [0.1, 0.15) is 19.4 Å². The molecule has 6 nitrogen and oxygen atoms in total. The van der Waals surface area contributed by atoms with Crippen LogP contribution in [0, 0.1) is 5.92 Å². The zero-order valence-electron chi connectivity index (χ0n) is 14.2. The summed E-state index contributed by atoms with van der Waals surface area (Å²) < 4.78 is 21.1. The molecular weight excluding hydrogens is 298 g/mol. The van der Waals surface area contributed by atoms with E-state index < -0.39 is 0 Å². The van der Waals surface area contributed by atoms with Gasteiger partial charge < -0.3 is 18.9 Å². The van der Waals surface area contributed by atoms with Crippen LogP contribution in [0.3, 0.4) is 0 Å². The molecule has 0 radical (unpaired) electrons. The number of nitrogens with zero attached hydrogens (tertiary/aromatic N) is 1. The van der Waals surface area contributed by atoms with Crippen LogP contribution in [0.15, 0.2) is 18.3 Å². The van der Waals surface area contributed by atoms with Gasteiger partial charge in [-0.1, -0.05) is 13.8 Å². The number of cyclic esters (lactones) is 1. The Morgan fingerprint density at radius 3 is 2.26 bits per heavy atom. The van der Waals surface area contributed by atoms with Crippen LogP contribution in [0.4, 0.5) is 4.79 Å². The number of ether oxygens (including phenoxy) is 4. The third kappa shape index (κ3) is 3.52. The molecule has 1 fully saturated rings. The minimum absolute atomic E-state index is 0.0424. The number of benzene rings is 1. The quantitative estimate of drug-likeness (QED) is 0.805. The van der Waals surface area contributed by atoms with Gasteiger partial charge in [-0.05, 0) is 29.7 Å². The monoisotopic (exact) mass is 321 g/mol. The van der Waals surface area contributed by atoms with Crippen LogP contribution in [0.25, 0.3) is 6.08 Å². The number of methoxy groups -OCH3 is 3. The lowest BCUT2D eigenvalue weighted by molar-refractivity contribution is 0.166. The van der Waals surface area contributed by atoms with Gasteiger partial charge in [0.05, 0.1) is 27.4 Å². The molecule has 1 aliphatic heterocycles. The van der Waals surface area contributed by atoms with E-state index in [1.807, 2.05) is 18.2 Å². The Hall–Kier alpha value is -2.37. The first-order chi connectivity index (χ1) is 11.0. The topological polar surface area (TPSA) is 57.2 Å². The second-order valence-electron chi connectivity index (χ2n) is 5.57. The first kappa shape index (κ1) is 17.0. The van der Waals surface area contributed by atoms with Gasteiger partial charge in [-0.25, -0.2) is 4.79 Å². The van der Waals surface area contributed by atoms with Crippen LogP contribution in [0.5, 0.6) is 17.2 Å². The number of carbonyl (C=O) groups is 1. The maximum absolute atomic E-state index is 11.8. The lowest BCUT2D eigenvalue weighted by atomic mass is 10.1. The van der Waals surface area contributed by atoms with E-state index in [1.54, 1.807) is 32.4 Å². The Morgan fingerprint density at radius 2 is 1.78 bits per heavy atom. The van der Waals surface area contributed by atoms with Crippen LogP contribution < -0.4 is 14.2 Å². The molecule has 1 aliphatic rings. The molecule has 0 N–H and O–H groups in total. The van der Waals surface area contributed by atoms with Crippen molar-refractivity contribution in [3.05, 3.63) is 23.9 Å². The molecule has 1 heterocycles. The van der Waals surface area contributed by atoms with E-state index in [-0.39, 0.29) is 12.1 Å². The highest BCUT2D eigenvalue weighted by Crippen LogP contribution is 2.38. The zero-order valence-corrected chi connectivity index (χ0v) is 14.2. The van der Waals surface area contributed by atoms with Gasteiger partial charge >= 0.3 is 6.09 Å². The highest BCUT2D eigenvalue weighted by molar-refractivity contribution is 5.73. The molecule has 0 spiro atoms. The minimum Gasteiger partial charge on any atom is -0.493 e. The second kappa shape index (κ2) is 7.26. The summed E-state index contributed by atoms with van der Waals surface area (Å²) in [6.07, 6.45) is 3.24. The molecule has 0 aromatic heterocycles. The van der Waals surface area contributed by atoms with Crippen molar-refractivity contribution in [3.8, 4) is 17.2 Å². The first-order valence-corrected chi connectivity index (χ1v) is 7.45. The summed E-state index contributed by atoms with van der Waals surface area (Å²) in [4.78, 5) is 13.5. The van der Waals surface area contributed by atoms with E-state index in [0.717, 1.165) is 5.56 Å². The molecular formula is C17H23NO5. The lowest BCUT2D eigenvalue weighted by Crippen LogP contribution is -2.32. The maximum Gasteiger partial charge on any atom is 0.414 e. The number of rotatable bonds is 6. The van der Waals surface area contributed by atoms with Crippen molar-refractivity contribution < 1.29 is 23.7 Å². The third-order valence-corrected chi connectivity index (χ3v) is 3.83. The average molecular weight is 321 g/mol. The third-order valence-electron chi connectivity index (χ3n) is 3.83. The van der Waals surface area contributed by atoms with Crippen LogP contribution in [0.2, 0.25) is 0 Å². The molecule has 6 heteroatoms. The molecule has 23 heavy (non-hydrogen) atoms. The molecule has 126 valence electrons. The zero-order chi connectivity index (χ0) is 17.0. The van der Waals surface area contributed by atoms with Crippen LogP contribution in [-0.4, -0.2) is 45.0 Å². The van der Waals surface area contributed by atoms with Gasteiger partial charge in [0.25, 0.3) is 0 Å². The lowest BCUT2D eigenvalue weighted by Gasteiger charge is -2.20. The summed E-state index contributed by atoms with van der Waals surface area (Å²) in [5, 5.41) is 0. The molecule has 2 rings (SSSR count). The molecule has 1 amide bonds. The molecule has 0 saturated carbocycles. The van der Waals surface area contributed by atoms with Crippen LogP contribution >= 0.6 is 0 Å². The molecule has 1 atom stereocenters. The van der Waals surface area contributed by atoms with Gasteiger partial charge in [0.15, 0.2) is 11.5 Å². The molecule has 1 aromatic rings. The van der Waals surface area contributed by atoms with Crippen molar-refractivity contribution >= 4 is 12.2 Å². The van der Waals surface area contributed by atoms with Crippen molar-refractivity contribution in [1.82, 2.24) is 4.90 Å². The Bertz CT molecular complexity index is 572. The normalized spacial score (nSPS) is 17.7. The summed E-state index contributed by atoms with van der Waals surface area (Å²) in [5.41, 5.74) is 0.835. The summed E-state index contributed by atoms with van der Waals surface area (Å²) in [6.45, 7) is 4.54. The van der Waals surface area contributed by atoms with Gasteiger partial charge in [-0.3, -0.25) is 4.90 Å². The van der Waals surface area contributed by atoms with Gasteiger partial charge in [0, 0.05) is 6.20 Å². The predicted molar refractivity (Wildman–Crippen MR) is 86.9 cm³/mol. The van der Waals surface area contributed by atoms with Crippen molar-refractivity contribution in [2.24, 2.45) is 5.92 Å². The molecule has 0 unspecified atom stereocenters. The fourth-order valence-corrected chi connectivity index (χ4v) is 2.50. The fourth-order valence-electron chi connectivity index (χ4n) is 2.50. The maximum atomic E-state index is 11.8. The highest BCUT2D eigenvalue weighted by Gasteiger charge is 2.33. The summed E-state index contributed by atoms with van der Waals surface area (Å²) in [5.74, 6) is 1.98. The van der Waals surface area contributed by atoms with Crippen molar-refractivity contribution in [3.63, 3.8) is 0 Å². The van der Waals surface area contributed by atoms with E-state index in [2.05, 4.69) is 13.8 Å². The standard InChI is InChI=1S/C17H23NO5/c1-11(2)13-10-23-17(19)18(13)7-6-12-8-14(20-3)16(22-5)15(9-12)21-4/h6-9,11,13H,10H2,1-5H3/b7-6+/t13-/m1/s1. The number of hydrogen-bond donors (Lipinski definition) is 0. The summed E-state index contributed by atoms with van der Waals surface area (Å²) in [6, 6.07) is 3.69. The van der Waals surface area contributed by atoms with Crippen molar-refractivity contribution in [2.75, 3.05) is 27.9 Å². The van der Waals surface area contributed by atoms with Gasteiger partial charge in [0.2, 0.25) is 5.75 Å². The van der Waals surface area contributed by atoms with E-state index in [4.69, 9.17) is 18.9 Å². The smallest absolute Gasteiger partial charge is 0.414 e. The molecule has 1 aromatic carbocycles. The van der Waals surface area contributed by atoms with Crippen molar-refractivity contribution in [1.29, 1.82) is 0 Å². The van der Waals surface area contributed by atoms with Gasteiger partial charge in [0.1, 0.15) is 6.61 Å². The Balaban J connectivity index is 2.30. The van der Waals surface area contributed by atoms with E-state index in [0.29, 0.717) is 29.8 Å². The summed E-state index contributed by atoms with van der Waals surface area (Å²) in [7, 11) is 4.69. The number of carbonyl (C=O) groups excluding carboxylic acids is 1. The highest BCUT2D eigenvalue weighted by atomic mass is 16.6. The van der Waals surface area contributed by atoms with Gasteiger partial charge in [-0.15, -0.1) is 0 Å². The van der Waals surface area contributed by atoms with Gasteiger partial charge in [-0.2, -0.15) is 0 Å².